The average molecular weight is 348 g/mol. The molecule has 2 rings (SSSR count). The minimum Gasteiger partial charge on any atom is -0.480 e. The van der Waals surface area contributed by atoms with Gasteiger partial charge in [-0.25, -0.2) is 4.79 Å². The number of carbonyl (C=O) groups excluding carboxylic acids is 1. The van der Waals surface area contributed by atoms with Crippen molar-refractivity contribution >= 4 is 11.9 Å². The highest BCUT2D eigenvalue weighted by molar-refractivity contribution is 5.97. The fourth-order valence-electron chi connectivity index (χ4n) is 3.47. The molecule has 1 aliphatic carbocycles. The lowest BCUT2D eigenvalue weighted by atomic mass is 9.81. The molecule has 1 fully saturated rings. The molecule has 6 heteroatoms. The molecule has 138 valence electrons. The van der Waals surface area contributed by atoms with Crippen LogP contribution in [0.2, 0.25) is 0 Å². The van der Waals surface area contributed by atoms with Gasteiger partial charge >= 0.3 is 5.97 Å². The number of hydrogen-bond donors (Lipinski definition) is 2. The van der Waals surface area contributed by atoms with Gasteiger partial charge in [0.15, 0.2) is 0 Å². The third-order valence-electron chi connectivity index (χ3n) is 5.26. The molecular formula is C19H28N2O4. The summed E-state index contributed by atoms with van der Waals surface area (Å²) in [5.74, 6) is -1.60. The molecule has 0 unspecified atom stereocenters. The summed E-state index contributed by atoms with van der Waals surface area (Å²) in [6.45, 7) is 6.34. The first-order valence-corrected chi connectivity index (χ1v) is 9.09. The van der Waals surface area contributed by atoms with Crippen molar-refractivity contribution in [1.82, 2.24) is 9.88 Å². The van der Waals surface area contributed by atoms with Gasteiger partial charge < -0.3 is 15.0 Å². The number of rotatable bonds is 6. The minimum absolute atomic E-state index is 0.0328. The maximum atomic E-state index is 12.8. The predicted octanol–water partition coefficient (Wildman–Crippen LogP) is 2.78. The van der Waals surface area contributed by atoms with Crippen molar-refractivity contribution in [2.24, 2.45) is 0 Å². The highest BCUT2D eigenvalue weighted by Crippen LogP contribution is 2.28. The van der Waals surface area contributed by atoms with Crippen LogP contribution in [-0.2, 0) is 11.3 Å². The van der Waals surface area contributed by atoms with E-state index in [1.165, 1.54) is 0 Å². The Morgan fingerprint density at radius 2 is 1.88 bits per heavy atom. The monoisotopic (exact) mass is 348 g/mol. The second kappa shape index (κ2) is 7.85. The quantitative estimate of drug-likeness (QED) is 0.827. The van der Waals surface area contributed by atoms with E-state index in [1.807, 2.05) is 20.8 Å². The number of amides is 1. The van der Waals surface area contributed by atoms with E-state index in [2.05, 4.69) is 5.32 Å². The molecule has 0 atom stereocenters. The number of hydrogen-bond acceptors (Lipinski definition) is 3. The summed E-state index contributed by atoms with van der Waals surface area (Å²) in [5, 5.41) is 12.3. The number of carboxylic acids is 1. The number of carboxylic acid groups (broad SMARTS) is 1. The Morgan fingerprint density at radius 3 is 2.44 bits per heavy atom. The van der Waals surface area contributed by atoms with E-state index in [-0.39, 0.29) is 11.1 Å². The molecule has 1 aliphatic rings. The molecule has 25 heavy (non-hydrogen) atoms. The summed E-state index contributed by atoms with van der Waals surface area (Å²) in [7, 11) is 0. The van der Waals surface area contributed by atoms with Crippen LogP contribution in [0.3, 0.4) is 0 Å². The molecule has 0 aliphatic heterocycles. The molecule has 1 saturated carbocycles. The Kier molecular flexibility index (Phi) is 6.03. The Balaban J connectivity index is 2.37. The van der Waals surface area contributed by atoms with Crippen molar-refractivity contribution in [1.29, 1.82) is 0 Å². The zero-order valence-corrected chi connectivity index (χ0v) is 15.4. The van der Waals surface area contributed by atoms with Gasteiger partial charge in [0.05, 0.1) is 0 Å². The minimum atomic E-state index is -1.26. The van der Waals surface area contributed by atoms with E-state index >= 15 is 0 Å². The molecule has 1 amide bonds. The van der Waals surface area contributed by atoms with Crippen LogP contribution >= 0.6 is 0 Å². The molecule has 6 nitrogen and oxygen atoms in total. The van der Waals surface area contributed by atoms with Gasteiger partial charge in [-0.15, -0.1) is 0 Å². The van der Waals surface area contributed by atoms with E-state index in [4.69, 9.17) is 0 Å². The molecule has 0 radical (unpaired) electrons. The van der Waals surface area contributed by atoms with Crippen LogP contribution in [0, 0.1) is 13.8 Å². The van der Waals surface area contributed by atoms with Crippen LogP contribution in [0.25, 0.3) is 0 Å². The lowest BCUT2D eigenvalue weighted by molar-refractivity contribution is -0.145. The highest BCUT2D eigenvalue weighted by atomic mass is 16.4. The largest absolute Gasteiger partial charge is 0.480 e. The van der Waals surface area contributed by atoms with Crippen molar-refractivity contribution in [3.05, 3.63) is 33.2 Å². The molecular weight excluding hydrogens is 320 g/mol. The topological polar surface area (TPSA) is 88.4 Å². The molecule has 1 aromatic rings. The molecule has 0 aromatic carbocycles. The van der Waals surface area contributed by atoms with Crippen molar-refractivity contribution < 1.29 is 14.7 Å². The Labute approximate surface area is 148 Å². The van der Waals surface area contributed by atoms with E-state index in [1.54, 1.807) is 10.6 Å². The molecule has 0 spiro atoms. The first kappa shape index (κ1) is 19.2. The van der Waals surface area contributed by atoms with Gasteiger partial charge in [0.25, 0.3) is 11.5 Å². The van der Waals surface area contributed by atoms with Gasteiger partial charge in [0.1, 0.15) is 11.1 Å². The fourth-order valence-corrected chi connectivity index (χ4v) is 3.47. The normalized spacial score (nSPS) is 16.4. The van der Waals surface area contributed by atoms with E-state index < -0.39 is 17.4 Å². The number of unbranched alkanes of at least 4 members (excludes halogenated alkanes) is 1. The van der Waals surface area contributed by atoms with Gasteiger partial charge in [-0.3, -0.25) is 9.59 Å². The van der Waals surface area contributed by atoms with Crippen molar-refractivity contribution in [3.63, 3.8) is 0 Å². The van der Waals surface area contributed by atoms with E-state index in [9.17, 15) is 19.5 Å². The predicted molar refractivity (Wildman–Crippen MR) is 96.0 cm³/mol. The van der Waals surface area contributed by atoms with Crippen molar-refractivity contribution in [2.75, 3.05) is 0 Å². The second-order valence-electron chi connectivity index (χ2n) is 7.04. The third kappa shape index (κ3) is 3.94. The average Bonchev–Trinajstić information content (AvgIpc) is 2.58. The number of pyridine rings is 1. The summed E-state index contributed by atoms with van der Waals surface area (Å²) in [5.41, 5.74) is 0.139. The van der Waals surface area contributed by atoms with Crippen LogP contribution in [0.15, 0.2) is 10.9 Å². The van der Waals surface area contributed by atoms with Crippen LogP contribution < -0.4 is 10.9 Å². The van der Waals surface area contributed by atoms with Crippen molar-refractivity contribution in [3.8, 4) is 0 Å². The summed E-state index contributed by atoms with van der Waals surface area (Å²) in [6, 6.07) is 1.58. The fraction of sp³-hybridized carbons (Fsp3) is 0.632. The van der Waals surface area contributed by atoms with Gasteiger partial charge in [-0.05, 0) is 44.7 Å². The van der Waals surface area contributed by atoms with E-state index in [0.717, 1.165) is 43.4 Å². The highest BCUT2D eigenvalue weighted by Gasteiger charge is 2.41. The standard InChI is InChI=1S/C19H28N2O4/c1-4-5-11-21-14(3)13(2)12-15(17(21)23)16(22)20-19(18(24)25)9-7-6-8-10-19/h12H,4-11H2,1-3H3,(H,20,22)(H,24,25). The first-order chi connectivity index (χ1) is 11.8. The van der Waals surface area contributed by atoms with Gasteiger partial charge in [-0.2, -0.15) is 0 Å². The maximum absolute atomic E-state index is 12.8. The Bertz CT molecular complexity index is 715. The number of aliphatic carboxylic acids is 1. The summed E-state index contributed by atoms with van der Waals surface area (Å²) in [4.78, 5) is 37.3. The third-order valence-corrected chi connectivity index (χ3v) is 5.26. The van der Waals surface area contributed by atoms with Gasteiger partial charge in [0, 0.05) is 12.2 Å². The lowest BCUT2D eigenvalue weighted by Crippen LogP contribution is -2.56. The maximum Gasteiger partial charge on any atom is 0.329 e. The molecule has 0 saturated heterocycles. The summed E-state index contributed by atoms with van der Waals surface area (Å²) >= 11 is 0. The van der Waals surface area contributed by atoms with Gasteiger partial charge in [0.2, 0.25) is 0 Å². The SMILES string of the molecule is CCCCn1c(C)c(C)cc(C(=O)NC2(C(=O)O)CCCCC2)c1=O. The van der Waals surface area contributed by atoms with E-state index in [0.29, 0.717) is 19.4 Å². The van der Waals surface area contributed by atoms with Crippen LogP contribution in [0.5, 0.6) is 0 Å². The molecule has 2 N–H and O–H groups in total. The van der Waals surface area contributed by atoms with Crippen LogP contribution in [-0.4, -0.2) is 27.1 Å². The number of nitrogens with zero attached hydrogens (tertiary/aromatic N) is 1. The lowest BCUT2D eigenvalue weighted by Gasteiger charge is -2.34. The number of aromatic nitrogens is 1. The number of aryl methyl sites for hydroxylation is 1. The molecule has 1 heterocycles. The van der Waals surface area contributed by atoms with Crippen LogP contribution in [0.1, 0.15) is 73.5 Å². The Morgan fingerprint density at radius 1 is 1.24 bits per heavy atom. The summed E-state index contributed by atoms with van der Waals surface area (Å²) in [6.07, 6.45) is 5.11. The number of nitrogens with one attached hydrogen (secondary N) is 1. The van der Waals surface area contributed by atoms with Crippen LogP contribution in [0.4, 0.5) is 0 Å². The summed E-state index contributed by atoms with van der Waals surface area (Å²) < 4.78 is 1.63. The zero-order chi connectivity index (χ0) is 18.6. The smallest absolute Gasteiger partial charge is 0.329 e. The van der Waals surface area contributed by atoms with Gasteiger partial charge in [-0.1, -0.05) is 32.6 Å². The number of carbonyl (C=O) groups is 2. The second-order valence-corrected chi connectivity index (χ2v) is 7.04. The van der Waals surface area contributed by atoms with Crippen molar-refractivity contribution in [2.45, 2.75) is 77.8 Å². The zero-order valence-electron chi connectivity index (χ0n) is 15.4. The molecule has 0 bridgehead atoms. The Hall–Kier alpha value is -2.11. The first-order valence-electron chi connectivity index (χ1n) is 9.09. The molecule has 1 aromatic heterocycles.